The van der Waals surface area contributed by atoms with Gasteiger partial charge in [0.2, 0.25) is 0 Å². The SMILES string of the molecule is C=C[C@@H]1[C@@H]([C@@H](C=C)O[Si](C)(C)C(C)(C)C)C(=O)O[C@H]1/C=N/O. The van der Waals surface area contributed by atoms with Crippen molar-refractivity contribution in [3.63, 3.8) is 0 Å². The average molecular weight is 325 g/mol. The third-order valence-corrected chi connectivity index (χ3v) is 9.10. The zero-order chi connectivity index (χ0) is 17.1. The first-order valence-electron chi connectivity index (χ1n) is 7.40. The fraction of sp³-hybridized carbons (Fsp3) is 0.625. The van der Waals surface area contributed by atoms with E-state index in [1.165, 1.54) is 6.21 Å². The number of carbonyl (C=O) groups is 1. The van der Waals surface area contributed by atoms with E-state index in [-0.39, 0.29) is 16.9 Å². The molecule has 1 rings (SSSR count). The minimum Gasteiger partial charge on any atom is -0.455 e. The molecule has 5 nitrogen and oxygen atoms in total. The van der Waals surface area contributed by atoms with Crippen molar-refractivity contribution in [3.05, 3.63) is 25.3 Å². The van der Waals surface area contributed by atoms with Gasteiger partial charge in [-0.25, -0.2) is 0 Å². The summed E-state index contributed by atoms with van der Waals surface area (Å²) >= 11 is 0. The van der Waals surface area contributed by atoms with Crippen LogP contribution >= 0.6 is 0 Å². The van der Waals surface area contributed by atoms with Crippen molar-refractivity contribution in [3.8, 4) is 0 Å². The summed E-state index contributed by atoms with van der Waals surface area (Å²) in [5, 5.41) is 11.7. The molecule has 0 aromatic rings. The van der Waals surface area contributed by atoms with Gasteiger partial charge < -0.3 is 14.4 Å². The maximum atomic E-state index is 12.2. The van der Waals surface area contributed by atoms with Gasteiger partial charge in [-0.3, -0.25) is 4.79 Å². The maximum Gasteiger partial charge on any atom is 0.313 e. The van der Waals surface area contributed by atoms with Crippen molar-refractivity contribution < 1.29 is 19.2 Å². The lowest BCUT2D eigenvalue weighted by atomic mass is 9.86. The van der Waals surface area contributed by atoms with Crippen LogP contribution in [-0.2, 0) is 14.0 Å². The number of hydrogen-bond donors (Lipinski definition) is 1. The number of carbonyl (C=O) groups excluding carboxylic acids is 1. The molecule has 1 heterocycles. The zero-order valence-corrected chi connectivity index (χ0v) is 15.1. The molecule has 0 unspecified atom stereocenters. The number of nitrogens with zero attached hydrogens (tertiary/aromatic N) is 1. The second kappa shape index (κ2) is 6.79. The fourth-order valence-electron chi connectivity index (χ4n) is 2.27. The summed E-state index contributed by atoms with van der Waals surface area (Å²) in [6.07, 6.45) is 3.44. The quantitative estimate of drug-likeness (QED) is 0.203. The molecule has 0 saturated carbocycles. The molecule has 4 atom stereocenters. The molecule has 22 heavy (non-hydrogen) atoms. The highest BCUT2D eigenvalue weighted by atomic mass is 28.4. The van der Waals surface area contributed by atoms with Crippen LogP contribution in [0.1, 0.15) is 20.8 Å². The number of hydrogen-bond acceptors (Lipinski definition) is 5. The first-order valence-corrected chi connectivity index (χ1v) is 10.3. The van der Waals surface area contributed by atoms with E-state index in [1.807, 2.05) is 0 Å². The van der Waals surface area contributed by atoms with Crippen LogP contribution in [0.5, 0.6) is 0 Å². The van der Waals surface area contributed by atoms with Gasteiger partial charge in [-0.2, -0.15) is 0 Å². The Hall–Kier alpha value is -1.40. The van der Waals surface area contributed by atoms with E-state index in [4.69, 9.17) is 14.4 Å². The Kier molecular flexibility index (Phi) is 5.75. The Morgan fingerprint density at radius 3 is 2.41 bits per heavy atom. The van der Waals surface area contributed by atoms with Crippen molar-refractivity contribution in [1.82, 2.24) is 0 Å². The van der Waals surface area contributed by atoms with Gasteiger partial charge in [0.15, 0.2) is 8.32 Å². The smallest absolute Gasteiger partial charge is 0.313 e. The van der Waals surface area contributed by atoms with Gasteiger partial charge in [0.1, 0.15) is 6.10 Å². The van der Waals surface area contributed by atoms with Crippen LogP contribution in [-0.4, -0.2) is 37.9 Å². The van der Waals surface area contributed by atoms with Crippen LogP contribution in [0.2, 0.25) is 18.1 Å². The lowest BCUT2D eigenvalue weighted by Crippen LogP contribution is -2.46. The summed E-state index contributed by atoms with van der Waals surface area (Å²) in [6, 6.07) is 0. The maximum absolute atomic E-state index is 12.2. The molecular formula is C16H27NO4Si. The lowest BCUT2D eigenvalue weighted by Gasteiger charge is -2.40. The summed E-state index contributed by atoms with van der Waals surface area (Å²) in [5.41, 5.74) is 0. The molecule has 1 aliphatic heterocycles. The number of cyclic esters (lactones) is 1. The zero-order valence-electron chi connectivity index (χ0n) is 14.1. The molecule has 0 radical (unpaired) electrons. The molecule has 1 fully saturated rings. The van der Waals surface area contributed by atoms with Gasteiger partial charge in [0.25, 0.3) is 0 Å². The molecule has 0 aliphatic carbocycles. The molecule has 6 heteroatoms. The number of rotatable bonds is 6. The number of esters is 1. The first kappa shape index (κ1) is 18.6. The Balaban J connectivity index is 3.06. The van der Waals surface area contributed by atoms with E-state index in [0.29, 0.717) is 0 Å². The van der Waals surface area contributed by atoms with Crippen molar-refractivity contribution in [1.29, 1.82) is 0 Å². The highest BCUT2D eigenvalue weighted by molar-refractivity contribution is 6.74. The highest BCUT2D eigenvalue weighted by Gasteiger charge is 2.49. The van der Waals surface area contributed by atoms with Crippen molar-refractivity contribution >= 4 is 20.5 Å². The van der Waals surface area contributed by atoms with Crippen LogP contribution in [0.15, 0.2) is 30.5 Å². The van der Waals surface area contributed by atoms with Crippen molar-refractivity contribution in [2.75, 3.05) is 0 Å². The van der Waals surface area contributed by atoms with Crippen LogP contribution in [0, 0.1) is 11.8 Å². The second-order valence-electron chi connectivity index (χ2n) is 7.08. The average Bonchev–Trinajstić information content (AvgIpc) is 2.71. The minimum atomic E-state index is -2.07. The molecule has 1 N–H and O–H groups in total. The van der Waals surface area contributed by atoms with E-state index in [9.17, 15) is 4.79 Å². The normalized spacial score (nSPS) is 27.7. The fourth-order valence-corrected chi connectivity index (χ4v) is 3.54. The van der Waals surface area contributed by atoms with Crippen LogP contribution in [0.4, 0.5) is 0 Å². The molecule has 124 valence electrons. The summed E-state index contributed by atoms with van der Waals surface area (Å²) in [7, 11) is -2.07. The van der Waals surface area contributed by atoms with E-state index in [1.54, 1.807) is 12.2 Å². The standard InChI is InChI=1S/C16H27NO4Si/c1-8-11-13(10-17-19)20-15(18)14(11)12(9-2)21-22(6,7)16(3,4)5/h8-14,19H,1-2H2,3-7H3/b17-10+/t11-,12+,13-,14-/m0/s1. The van der Waals surface area contributed by atoms with Gasteiger partial charge in [-0.15, -0.1) is 13.2 Å². The van der Waals surface area contributed by atoms with Gasteiger partial charge in [0, 0.05) is 5.92 Å². The van der Waals surface area contributed by atoms with Gasteiger partial charge in [-0.05, 0) is 18.1 Å². The monoisotopic (exact) mass is 325 g/mol. The molecular weight excluding hydrogens is 298 g/mol. The van der Waals surface area contributed by atoms with Crippen LogP contribution < -0.4 is 0 Å². The Labute approximate surface area is 133 Å². The minimum absolute atomic E-state index is 0.0202. The molecule has 0 aromatic heterocycles. The summed E-state index contributed by atoms with van der Waals surface area (Å²) < 4.78 is 11.6. The van der Waals surface area contributed by atoms with E-state index < -0.39 is 26.4 Å². The van der Waals surface area contributed by atoms with Crippen molar-refractivity contribution in [2.24, 2.45) is 17.0 Å². The summed E-state index contributed by atoms with van der Waals surface area (Å²) in [4.78, 5) is 12.2. The number of ether oxygens (including phenoxy) is 1. The van der Waals surface area contributed by atoms with Crippen LogP contribution in [0.3, 0.4) is 0 Å². The lowest BCUT2D eigenvalue weighted by molar-refractivity contribution is -0.144. The molecule has 1 aliphatic rings. The van der Waals surface area contributed by atoms with E-state index >= 15 is 0 Å². The van der Waals surface area contributed by atoms with Crippen LogP contribution in [0.25, 0.3) is 0 Å². The molecule has 0 amide bonds. The summed E-state index contributed by atoms with van der Waals surface area (Å²) in [5.74, 6) is -1.21. The predicted molar refractivity (Wildman–Crippen MR) is 89.6 cm³/mol. The number of oxime groups is 1. The van der Waals surface area contributed by atoms with Gasteiger partial charge >= 0.3 is 5.97 Å². The third kappa shape index (κ3) is 3.67. The molecule has 1 saturated heterocycles. The van der Waals surface area contributed by atoms with E-state index in [2.05, 4.69) is 52.2 Å². The van der Waals surface area contributed by atoms with Crippen molar-refractivity contribution in [2.45, 2.75) is 51.1 Å². The highest BCUT2D eigenvalue weighted by Crippen LogP contribution is 2.41. The topological polar surface area (TPSA) is 68.1 Å². The molecule has 0 bridgehead atoms. The summed E-state index contributed by atoms with van der Waals surface area (Å²) in [6.45, 7) is 18.2. The Morgan fingerprint density at radius 2 is 2.00 bits per heavy atom. The van der Waals surface area contributed by atoms with E-state index in [0.717, 1.165) is 0 Å². The largest absolute Gasteiger partial charge is 0.455 e. The van der Waals surface area contributed by atoms with Gasteiger partial charge in [-0.1, -0.05) is 38.1 Å². The first-order chi connectivity index (χ1) is 10.1. The Morgan fingerprint density at radius 1 is 1.41 bits per heavy atom. The second-order valence-corrected chi connectivity index (χ2v) is 11.8. The third-order valence-electron chi connectivity index (χ3n) is 4.63. The predicted octanol–water partition coefficient (Wildman–Crippen LogP) is 3.37. The molecule has 0 aromatic carbocycles. The van der Waals surface area contributed by atoms with Gasteiger partial charge in [0.05, 0.1) is 18.2 Å². The molecule has 0 spiro atoms. The Bertz CT molecular complexity index is 467.